The summed E-state index contributed by atoms with van der Waals surface area (Å²) in [5.74, 6) is -0.405. The fraction of sp³-hybridized carbons (Fsp3) is 0.381. The second-order valence-electron chi connectivity index (χ2n) is 7.26. The van der Waals surface area contributed by atoms with Crippen LogP contribution in [0.5, 0.6) is 0 Å². The van der Waals surface area contributed by atoms with Crippen LogP contribution in [0.4, 0.5) is 18.9 Å². The summed E-state index contributed by atoms with van der Waals surface area (Å²) < 4.78 is 64.8. The molecule has 1 fully saturated rings. The first-order chi connectivity index (χ1) is 14.2. The van der Waals surface area contributed by atoms with Crippen LogP contribution in [-0.4, -0.2) is 31.7 Å². The summed E-state index contributed by atoms with van der Waals surface area (Å²) >= 11 is 0. The van der Waals surface area contributed by atoms with Gasteiger partial charge >= 0.3 is 6.18 Å². The normalized spacial score (nSPS) is 16.1. The second kappa shape index (κ2) is 9.18. The van der Waals surface area contributed by atoms with Crippen molar-refractivity contribution >= 4 is 21.6 Å². The van der Waals surface area contributed by atoms with Crippen LogP contribution in [0.25, 0.3) is 0 Å². The maximum atomic E-state index is 12.8. The summed E-state index contributed by atoms with van der Waals surface area (Å²) in [6.45, 7) is 1.02. The minimum absolute atomic E-state index is 0.0913. The molecular formula is C21H23F3N2O3S. The SMILES string of the molecule is O=C(Cc1ccc(C(F)(F)F)cc1)Nc1ccc(S(=O)(=O)N2CCCCCC2)cc1. The number of halogens is 3. The zero-order chi connectivity index (χ0) is 21.8. The van der Waals surface area contributed by atoms with E-state index in [1.165, 1.54) is 40.7 Å². The molecule has 3 rings (SSSR count). The lowest BCUT2D eigenvalue weighted by atomic mass is 10.1. The number of carbonyl (C=O) groups is 1. The Hall–Kier alpha value is -2.39. The fourth-order valence-corrected chi connectivity index (χ4v) is 4.86. The predicted octanol–water partition coefficient (Wildman–Crippen LogP) is 4.45. The van der Waals surface area contributed by atoms with E-state index in [0.717, 1.165) is 37.8 Å². The Morgan fingerprint density at radius 1 is 0.900 bits per heavy atom. The van der Waals surface area contributed by atoms with E-state index in [9.17, 15) is 26.4 Å². The third-order valence-corrected chi connectivity index (χ3v) is 6.90. The van der Waals surface area contributed by atoms with Gasteiger partial charge in [0.25, 0.3) is 0 Å². The van der Waals surface area contributed by atoms with Gasteiger partial charge in [-0.1, -0.05) is 25.0 Å². The van der Waals surface area contributed by atoms with Crippen LogP contribution in [0.3, 0.4) is 0 Å². The van der Waals surface area contributed by atoms with Gasteiger partial charge in [-0.3, -0.25) is 4.79 Å². The van der Waals surface area contributed by atoms with E-state index < -0.39 is 27.7 Å². The second-order valence-corrected chi connectivity index (χ2v) is 9.20. The van der Waals surface area contributed by atoms with Gasteiger partial charge in [0.15, 0.2) is 0 Å². The molecule has 0 aromatic heterocycles. The number of rotatable bonds is 5. The summed E-state index contributed by atoms with van der Waals surface area (Å²) in [4.78, 5) is 12.3. The average Bonchev–Trinajstić information content (AvgIpc) is 2.98. The third kappa shape index (κ3) is 5.60. The summed E-state index contributed by atoms with van der Waals surface area (Å²) in [5, 5.41) is 2.63. The summed E-state index contributed by atoms with van der Waals surface area (Å²) in [7, 11) is -3.57. The molecule has 0 bridgehead atoms. The quantitative estimate of drug-likeness (QED) is 0.747. The molecule has 0 saturated carbocycles. The van der Waals surface area contributed by atoms with Gasteiger partial charge < -0.3 is 5.32 Å². The molecule has 0 spiro atoms. The van der Waals surface area contributed by atoms with Crippen molar-refractivity contribution < 1.29 is 26.4 Å². The standard InChI is InChI=1S/C21H23F3N2O3S/c22-21(23,24)17-7-5-16(6-8-17)15-20(27)25-18-9-11-19(12-10-18)30(28,29)26-13-3-1-2-4-14-26/h5-12H,1-4,13-15H2,(H,25,27). The monoisotopic (exact) mass is 440 g/mol. The molecule has 2 aromatic rings. The molecule has 5 nitrogen and oxygen atoms in total. The van der Waals surface area contributed by atoms with E-state index >= 15 is 0 Å². The van der Waals surface area contributed by atoms with E-state index in [0.29, 0.717) is 24.3 Å². The van der Waals surface area contributed by atoms with E-state index in [4.69, 9.17) is 0 Å². The number of nitrogens with zero attached hydrogens (tertiary/aromatic N) is 1. The minimum Gasteiger partial charge on any atom is -0.326 e. The van der Waals surface area contributed by atoms with Crippen molar-refractivity contribution in [2.45, 2.75) is 43.2 Å². The number of carbonyl (C=O) groups excluding carboxylic acids is 1. The lowest BCUT2D eigenvalue weighted by molar-refractivity contribution is -0.137. The molecule has 0 unspecified atom stereocenters. The van der Waals surface area contributed by atoms with Crippen LogP contribution in [0.1, 0.15) is 36.8 Å². The largest absolute Gasteiger partial charge is 0.416 e. The van der Waals surface area contributed by atoms with Crippen LogP contribution in [0.15, 0.2) is 53.4 Å². The first-order valence-corrected chi connectivity index (χ1v) is 11.2. The van der Waals surface area contributed by atoms with Crippen LogP contribution in [-0.2, 0) is 27.4 Å². The fourth-order valence-electron chi connectivity index (χ4n) is 3.34. The van der Waals surface area contributed by atoms with Crippen LogP contribution < -0.4 is 5.32 Å². The number of amides is 1. The van der Waals surface area contributed by atoms with E-state index in [1.807, 2.05) is 0 Å². The van der Waals surface area contributed by atoms with Crippen molar-refractivity contribution in [1.29, 1.82) is 0 Å². The van der Waals surface area contributed by atoms with Gasteiger partial charge in [-0.2, -0.15) is 17.5 Å². The van der Waals surface area contributed by atoms with Gasteiger partial charge in [-0.05, 0) is 54.8 Å². The highest BCUT2D eigenvalue weighted by atomic mass is 32.2. The topological polar surface area (TPSA) is 66.5 Å². The lowest BCUT2D eigenvalue weighted by Gasteiger charge is -2.20. The van der Waals surface area contributed by atoms with Gasteiger partial charge in [0.05, 0.1) is 16.9 Å². The molecule has 30 heavy (non-hydrogen) atoms. The Morgan fingerprint density at radius 3 is 2.00 bits per heavy atom. The number of nitrogens with one attached hydrogen (secondary N) is 1. The molecule has 1 heterocycles. The molecule has 2 aromatic carbocycles. The smallest absolute Gasteiger partial charge is 0.326 e. The van der Waals surface area contributed by atoms with Crippen molar-refractivity contribution in [3.63, 3.8) is 0 Å². The Kier molecular flexibility index (Phi) is 6.82. The third-order valence-electron chi connectivity index (χ3n) is 4.99. The first kappa shape index (κ1) is 22.3. The molecular weight excluding hydrogens is 417 g/mol. The van der Waals surface area contributed by atoms with Crippen molar-refractivity contribution in [3.8, 4) is 0 Å². The van der Waals surface area contributed by atoms with Crippen LogP contribution >= 0.6 is 0 Å². The van der Waals surface area contributed by atoms with Crippen LogP contribution in [0, 0.1) is 0 Å². The molecule has 1 aliphatic heterocycles. The molecule has 9 heteroatoms. The number of alkyl halides is 3. The highest BCUT2D eigenvalue weighted by molar-refractivity contribution is 7.89. The zero-order valence-electron chi connectivity index (χ0n) is 16.3. The Bertz CT molecular complexity index is 964. The molecule has 1 N–H and O–H groups in total. The maximum absolute atomic E-state index is 12.8. The Balaban J connectivity index is 1.61. The van der Waals surface area contributed by atoms with E-state index in [2.05, 4.69) is 5.32 Å². The molecule has 1 saturated heterocycles. The number of benzene rings is 2. The van der Waals surface area contributed by atoms with Crippen molar-refractivity contribution in [1.82, 2.24) is 4.31 Å². The average molecular weight is 440 g/mol. The lowest BCUT2D eigenvalue weighted by Crippen LogP contribution is -2.31. The summed E-state index contributed by atoms with van der Waals surface area (Å²) in [6, 6.07) is 10.3. The van der Waals surface area contributed by atoms with Crippen molar-refractivity contribution in [3.05, 3.63) is 59.7 Å². The van der Waals surface area contributed by atoms with Gasteiger partial charge in [-0.25, -0.2) is 8.42 Å². The maximum Gasteiger partial charge on any atom is 0.416 e. The predicted molar refractivity (Wildman–Crippen MR) is 107 cm³/mol. The van der Waals surface area contributed by atoms with Gasteiger partial charge in [0, 0.05) is 18.8 Å². The number of anilines is 1. The molecule has 0 atom stereocenters. The Labute approximate surface area is 173 Å². The van der Waals surface area contributed by atoms with E-state index in [1.54, 1.807) is 0 Å². The summed E-state index contributed by atoms with van der Waals surface area (Å²) in [6.07, 6.45) is -0.775. The van der Waals surface area contributed by atoms with Gasteiger partial charge in [-0.15, -0.1) is 0 Å². The van der Waals surface area contributed by atoms with Crippen LogP contribution in [0.2, 0.25) is 0 Å². The minimum atomic E-state index is -4.42. The highest BCUT2D eigenvalue weighted by Gasteiger charge is 2.30. The van der Waals surface area contributed by atoms with Gasteiger partial charge in [0.1, 0.15) is 0 Å². The highest BCUT2D eigenvalue weighted by Crippen LogP contribution is 2.29. The number of sulfonamides is 1. The molecule has 1 amide bonds. The molecule has 1 aliphatic rings. The molecule has 162 valence electrons. The van der Waals surface area contributed by atoms with Crippen molar-refractivity contribution in [2.24, 2.45) is 0 Å². The molecule has 0 radical (unpaired) electrons. The summed E-state index contributed by atoms with van der Waals surface area (Å²) in [5.41, 5.74) is 0.0930. The Morgan fingerprint density at radius 2 is 1.47 bits per heavy atom. The number of hydrogen-bond acceptors (Lipinski definition) is 3. The first-order valence-electron chi connectivity index (χ1n) is 9.72. The molecule has 0 aliphatic carbocycles. The van der Waals surface area contributed by atoms with Gasteiger partial charge in [0.2, 0.25) is 15.9 Å². The van der Waals surface area contributed by atoms with Crippen molar-refractivity contribution in [2.75, 3.05) is 18.4 Å². The van der Waals surface area contributed by atoms with E-state index in [-0.39, 0.29) is 11.3 Å². The zero-order valence-corrected chi connectivity index (χ0v) is 17.1. The number of hydrogen-bond donors (Lipinski definition) is 1.